The van der Waals surface area contributed by atoms with Crippen molar-refractivity contribution < 1.29 is 14.0 Å². The molecule has 0 bridgehead atoms. The smallest absolute Gasteiger partial charge is 0.189 e. The molecule has 0 spiro atoms. The van der Waals surface area contributed by atoms with E-state index in [0.29, 0.717) is 13.2 Å². The molecule has 0 radical (unpaired) electrons. The predicted octanol–water partition coefficient (Wildman–Crippen LogP) is 0.556. The molecule has 2 heterocycles. The number of pyridine rings is 1. The average molecular weight is 166 g/mol. The Hall–Kier alpha value is -0.930. The molecule has 0 N–H and O–H groups in total. The predicted molar refractivity (Wildman–Crippen MR) is 42.3 cm³/mol. The van der Waals surface area contributed by atoms with Gasteiger partial charge in [0.15, 0.2) is 18.7 Å². The lowest BCUT2D eigenvalue weighted by Crippen LogP contribution is -2.27. The monoisotopic (exact) mass is 166 g/mol. The second kappa shape index (κ2) is 3.21. The molecule has 2 rings (SSSR count). The summed E-state index contributed by atoms with van der Waals surface area (Å²) >= 11 is 0. The summed E-state index contributed by atoms with van der Waals surface area (Å²) in [7, 11) is 1.98. The Morgan fingerprint density at radius 3 is 2.83 bits per heavy atom. The van der Waals surface area contributed by atoms with Crippen LogP contribution in [-0.4, -0.2) is 13.2 Å². The maximum absolute atomic E-state index is 5.36. The van der Waals surface area contributed by atoms with E-state index in [9.17, 15) is 0 Å². The highest BCUT2D eigenvalue weighted by atomic mass is 16.7. The van der Waals surface area contributed by atoms with Crippen LogP contribution in [0.25, 0.3) is 0 Å². The van der Waals surface area contributed by atoms with E-state index in [4.69, 9.17) is 9.47 Å². The maximum Gasteiger partial charge on any atom is 0.189 e. The van der Waals surface area contributed by atoms with Crippen LogP contribution < -0.4 is 4.57 Å². The van der Waals surface area contributed by atoms with Gasteiger partial charge in [0, 0.05) is 6.07 Å². The Kier molecular flexibility index (Phi) is 2.06. The van der Waals surface area contributed by atoms with Crippen molar-refractivity contribution in [3.8, 4) is 0 Å². The van der Waals surface area contributed by atoms with Crippen LogP contribution in [0.5, 0.6) is 0 Å². The highest BCUT2D eigenvalue weighted by Crippen LogP contribution is 2.21. The van der Waals surface area contributed by atoms with E-state index in [-0.39, 0.29) is 6.29 Å². The minimum absolute atomic E-state index is 0.155. The van der Waals surface area contributed by atoms with Crippen LogP contribution >= 0.6 is 0 Å². The van der Waals surface area contributed by atoms with E-state index in [1.54, 1.807) is 0 Å². The number of aryl methyl sites for hydroxylation is 1. The SMILES string of the molecule is C[n+]1cccc(C2OCCO2)c1. The molecule has 0 saturated carbocycles. The van der Waals surface area contributed by atoms with Gasteiger partial charge in [-0.1, -0.05) is 0 Å². The quantitative estimate of drug-likeness (QED) is 0.569. The van der Waals surface area contributed by atoms with Gasteiger partial charge in [-0.05, 0) is 6.07 Å². The highest BCUT2D eigenvalue weighted by molar-refractivity contribution is 5.07. The number of rotatable bonds is 1. The van der Waals surface area contributed by atoms with Crippen molar-refractivity contribution in [1.82, 2.24) is 0 Å². The third kappa shape index (κ3) is 1.47. The van der Waals surface area contributed by atoms with Gasteiger partial charge in [-0.2, -0.15) is 0 Å². The fraction of sp³-hybridized carbons (Fsp3) is 0.444. The van der Waals surface area contributed by atoms with Crippen LogP contribution in [0.2, 0.25) is 0 Å². The molecular weight excluding hydrogens is 154 g/mol. The highest BCUT2D eigenvalue weighted by Gasteiger charge is 2.19. The van der Waals surface area contributed by atoms with E-state index in [0.717, 1.165) is 5.56 Å². The molecule has 0 unspecified atom stereocenters. The zero-order chi connectivity index (χ0) is 8.39. The first kappa shape index (κ1) is 7.71. The van der Waals surface area contributed by atoms with Gasteiger partial charge < -0.3 is 9.47 Å². The summed E-state index contributed by atoms with van der Waals surface area (Å²) in [6.07, 6.45) is 3.84. The fourth-order valence-electron chi connectivity index (χ4n) is 1.30. The van der Waals surface area contributed by atoms with Gasteiger partial charge in [-0.25, -0.2) is 4.57 Å². The molecular formula is C9H12NO2+. The van der Waals surface area contributed by atoms with Crippen molar-refractivity contribution in [3.63, 3.8) is 0 Å². The maximum atomic E-state index is 5.36. The van der Waals surface area contributed by atoms with Gasteiger partial charge in [0.2, 0.25) is 0 Å². The average Bonchev–Trinajstić information content (AvgIpc) is 2.56. The summed E-state index contributed by atoms with van der Waals surface area (Å²) in [5.74, 6) is 0. The molecule has 12 heavy (non-hydrogen) atoms. The van der Waals surface area contributed by atoms with Crippen LogP contribution in [0.4, 0.5) is 0 Å². The second-order valence-electron chi connectivity index (χ2n) is 2.88. The lowest BCUT2D eigenvalue weighted by Gasteiger charge is -2.06. The van der Waals surface area contributed by atoms with Crippen molar-refractivity contribution in [3.05, 3.63) is 30.1 Å². The van der Waals surface area contributed by atoms with Crippen molar-refractivity contribution in [2.45, 2.75) is 6.29 Å². The van der Waals surface area contributed by atoms with Crippen molar-refractivity contribution in [2.24, 2.45) is 7.05 Å². The summed E-state index contributed by atoms with van der Waals surface area (Å²) in [5.41, 5.74) is 1.08. The Balaban J connectivity index is 2.21. The molecule has 1 aliphatic heterocycles. The summed E-state index contributed by atoms with van der Waals surface area (Å²) in [4.78, 5) is 0. The first-order valence-corrected chi connectivity index (χ1v) is 4.05. The molecule has 1 aliphatic rings. The van der Waals surface area contributed by atoms with E-state index in [2.05, 4.69) is 0 Å². The van der Waals surface area contributed by atoms with Gasteiger partial charge in [0.1, 0.15) is 7.05 Å². The molecule has 1 saturated heterocycles. The summed E-state index contributed by atoms with van der Waals surface area (Å²) < 4.78 is 12.7. The van der Waals surface area contributed by atoms with E-state index in [1.807, 2.05) is 36.1 Å². The van der Waals surface area contributed by atoms with Crippen molar-refractivity contribution in [2.75, 3.05) is 13.2 Å². The van der Waals surface area contributed by atoms with Gasteiger partial charge in [-0.15, -0.1) is 0 Å². The Morgan fingerprint density at radius 2 is 2.17 bits per heavy atom. The largest absolute Gasteiger partial charge is 0.346 e. The number of nitrogens with zero attached hydrogens (tertiary/aromatic N) is 1. The molecule has 3 heteroatoms. The minimum atomic E-state index is -0.155. The standard InChI is InChI=1S/C9H12NO2/c1-10-4-2-3-8(7-10)9-11-5-6-12-9/h2-4,7,9H,5-6H2,1H3/q+1. The normalized spacial score (nSPS) is 18.4. The van der Waals surface area contributed by atoms with Crippen LogP contribution in [-0.2, 0) is 16.5 Å². The molecule has 64 valence electrons. The molecule has 0 aliphatic carbocycles. The minimum Gasteiger partial charge on any atom is -0.346 e. The lowest BCUT2D eigenvalue weighted by molar-refractivity contribution is -0.672. The van der Waals surface area contributed by atoms with Crippen LogP contribution in [0, 0.1) is 0 Å². The Bertz CT molecular complexity index is 269. The molecule has 0 amide bonds. The number of hydrogen-bond donors (Lipinski definition) is 0. The fourth-order valence-corrected chi connectivity index (χ4v) is 1.30. The van der Waals surface area contributed by atoms with Gasteiger partial charge in [0.25, 0.3) is 0 Å². The first-order valence-electron chi connectivity index (χ1n) is 4.05. The van der Waals surface area contributed by atoms with Crippen molar-refractivity contribution in [1.29, 1.82) is 0 Å². The molecule has 1 fully saturated rings. The van der Waals surface area contributed by atoms with Crippen LogP contribution in [0.15, 0.2) is 24.5 Å². The van der Waals surface area contributed by atoms with Gasteiger partial charge >= 0.3 is 0 Å². The van der Waals surface area contributed by atoms with E-state index in [1.165, 1.54) is 0 Å². The number of ether oxygens (including phenoxy) is 2. The summed E-state index contributed by atoms with van der Waals surface area (Å²) in [6.45, 7) is 1.40. The van der Waals surface area contributed by atoms with Crippen molar-refractivity contribution >= 4 is 0 Å². The number of hydrogen-bond acceptors (Lipinski definition) is 2. The topological polar surface area (TPSA) is 22.3 Å². The Morgan fingerprint density at radius 1 is 1.42 bits per heavy atom. The second-order valence-corrected chi connectivity index (χ2v) is 2.88. The zero-order valence-corrected chi connectivity index (χ0v) is 7.06. The molecule has 1 aromatic rings. The Labute approximate surface area is 71.5 Å². The van der Waals surface area contributed by atoms with Crippen LogP contribution in [0.3, 0.4) is 0 Å². The van der Waals surface area contributed by atoms with E-state index >= 15 is 0 Å². The van der Waals surface area contributed by atoms with Gasteiger partial charge in [0.05, 0.1) is 18.8 Å². The zero-order valence-electron chi connectivity index (χ0n) is 7.06. The summed E-state index contributed by atoms with van der Waals surface area (Å²) in [6, 6.07) is 4.00. The first-order chi connectivity index (χ1) is 5.86. The molecule has 3 nitrogen and oxygen atoms in total. The van der Waals surface area contributed by atoms with E-state index < -0.39 is 0 Å². The van der Waals surface area contributed by atoms with Crippen LogP contribution in [0.1, 0.15) is 11.9 Å². The summed E-state index contributed by atoms with van der Waals surface area (Å²) in [5, 5.41) is 0. The third-order valence-corrected chi connectivity index (χ3v) is 1.86. The molecule has 0 atom stereocenters. The molecule has 0 aromatic carbocycles. The number of aromatic nitrogens is 1. The molecule has 1 aromatic heterocycles. The van der Waals surface area contributed by atoms with Gasteiger partial charge in [-0.3, -0.25) is 0 Å². The lowest BCUT2D eigenvalue weighted by atomic mass is 10.3. The third-order valence-electron chi connectivity index (χ3n) is 1.86.